The Hall–Kier alpha value is -2.86. The first kappa shape index (κ1) is 19.1. The van der Waals surface area contributed by atoms with Crippen LogP contribution in [-0.2, 0) is 14.3 Å². The number of carbonyl (C=O) groups excluding carboxylic acids is 1. The van der Waals surface area contributed by atoms with E-state index in [1.165, 1.54) is 4.90 Å². The summed E-state index contributed by atoms with van der Waals surface area (Å²) in [7, 11) is 0. The van der Waals surface area contributed by atoms with Gasteiger partial charge >= 0.3 is 12.1 Å². The van der Waals surface area contributed by atoms with Gasteiger partial charge < -0.3 is 14.6 Å². The molecule has 2 aliphatic heterocycles. The summed E-state index contributed by atoms with van der Waals surface area (Å²) in [4.78, 5) is 26.3. The van der Waals surface area contributed by atoms with E-state index in [1.807, 2.05) is 24.3 Å². The normalized spacial score (nSPS) is 25.2. The molecule has 3 unspecified atom stereocenters. The second-order valence-electron chi connectivity index (χ2n) is 8.26. The van der Waals surface area contributed by atoms with Crippen molar-refractivity contribution in [2.45, 2.75) is 49.8 Å². The third kappa shape index (κ3) is 3.16. The highest BCUT2D eigenvalue weighted by Crippen LogP contribution is 2.44. The highest BCUT2D eigenvalue weighted by molar-refractivity contribution is 5.82. The number of nitrogens with zero attached hydrogens (tertiary/aromatic N) is 1. The molecule has 3 aliphatic rings. The SMILES string of the molecule is O=C(O)C1CCC(C2CCCO2)N1C(=O)OCC1c2ccccc2-c2ccccc21. The van der Waals surface area contributed by atoms with Gasteiger partial charge in [-0.2, -0.15) is 0 Å². The van der Waals surface area contributed by atoms with Crippen molar-refractivity contribution < 1.29 is 24.2 Å². The molecule has 0 aromatic heterocycles. The first-order valence-electron chi connectivity index (χ1n) is 10.6. The summed E-state index contributed by atoms with van der Waals surface area (Å²) >= 11 is 0. The number of aliphatic carboxylic acids is 1. The van der Waals surface area contributed by atoms with Crippen molar-refractivity contribution in [1.29, 1.82) is 0 Å². The summed E-state index contributed by atoms with van der Waals surface area (Å²) in [5.74, 6) is -1.03. The third-order valence-electron chi connectivity index (χ3n) is 6.65. The molecule has 0 spiro atoms. The van der Waals surface area contributed by atoms with Crippen LogP contribution < -0.4 is 0 Å². The number of carbonyl (C=O) groups is 2. The van der Waals surface area contributed by atoms with E-state index in [2.05, 4.69) is 24.3 Å². The molecule has 30 heavy (non-hydrogen) atoms. The van der Waals surface area contributed by atoms with Gasteiger partial charge in [-0.3, -0.25) is 4.90 Å². The summed E-state index contributed by atoms with van der Waals surface area (Å²) in [6.07, 6.45) is 2.20. The Morgan fingerprint density at radius 3 is 2.27 bits per heavy atom. The number of benzene rings is 2. The predicted molar refractivity (Wildman–Crippen MR) is 110 cm³/mol. The third-order valence-corrected chi connectivity index (χ3v) is 6.65. The first-order chi connectivity index (χ1) is 14.6. The number of amides is 1. The van der Waals surface area contributed by atoms with Crippen LogP contribution in [-0.4, -0.2) is 53.5 Å². The van der Waals surface area contributed by atoms with Crippen LogP contribution in [0, 0.1) is 0 Å². The fourth-order valence-electron chi connectivity index (χ4n) is 5.28. The zero-order valence-electron chi connectivity index (χ0n) is 16.7. The Morgan fingerprint density at radius 2 is 1.67 bits per heavy atom. The van der Waals surface area contributed by atoms with E-state index in [4.69, 9.17) is 9.47 Å². The lowest BCUT2D eigenvalue weighted by Crippen LogP contribution is -2.49. The molecule has 1 amide bonds. The summed E-state index contributed by atoms with van der Waals surface area (Å²) in [5, 5.41) is 9.64. The van der Waals surface area contributed by atoms with Crippen LogP contribution in [0.5, 0.6) is 0 Å². The zero-order chi connectivity index (χ0) is 20.7. The van der Waals surface area contributed by atoms with Gasteiger partial charge in [0.25, 0.3) is 0 Å². The van der Waals surface area contributed by atoms with Gasteiger partial charge in [-0.1, -0.05) is 48.5 Å². The minimum Gasteiger partial charge on any atom is -0.480 e. The fraction of sp³-hybridized carbons (Fsp3) is 0.417. The molecule has 0 bridgehead atoms. The van der Waals surface area contributed by atoms with E-state index < -0.39 is 18.1 Å². The van der Waals surface area contributed by atoms with Crippen molar-refractivity contribution in [3.05, 3.63) is 59.7 Å². The first-order valence-corrected chi connectivity index (χ1v) is 10.6. The maximum absolute atomic E-state index is 13.1. The Bertz CT molecular complexity index is 922. The van der Waals surface area contributed by atoms with E-state index >= 15 is 0 Å². The number of rotatable bonds is 4. The number of hydrogen-bond donors (Lipinski definition) is 1. The molecule has 1 N–H and O–H groups in total. The van der Waals surface area contributed by atoms with Gasteiger partial charge in [0.05, 0.1) is 12.1 Å². The van der Waals surface area contributed by atoms with Crippen molar-refractivity contribution in [3.8, 4) is 11.1 Å². The van der Waals surface area contributed by atoms with Gasteiger partial charge in [-0.15, -0.1) is 0 Å². The van der Waals surface area contributed by atoms with Crippen molar-refractivity contribution in [2.24, 2.45) is 0 Å². The minimum absolute atomic E-state index is 0.0478. The van der Waals surface area contributed by atoms with Crippen molar-refractivity contribution in [2.75, 3.05) is 13.2 Å². The molecular weight excluding hydrogens is 382 g/mol. The lowest BCUT2D eigenvalue weighted by atomic mass is 9.98. The summed E-state index contributed by atoms with van der Waals surface area (Å²) < 4.78 is 11.5. The fourth-order valence-corrected chi connectivity index (χ4v) is 5.28. The Morgan fingerprint density at radius 1 is 1.00 bits per heavy atom. The molecule has 5 rings (SSSR count). The maximum atomic E-state index is 13.1. The molecule has 0 saturated carbocycles. The van der Waals surface area contributed by atoms with Crippen LogP contribution in [0.25, 0.3) is 11.1 Å². The molecule has 6 heteroatoms. The smallest absolute Gasteiger partial charge is 0.410 e. The topological polar surface area (TPSA) is 76.1 Å². The van der Waals surface area contributed by atoms with E-state index in [1.54, 1.807) is 0 Å². The van der Waals surface area contributed by atoms with E-state index in [0.29, 0.717) is 19.4 Å². The molecule has 6 nitrogen and oxygen atoms in total. The summed E-state index contributed by atoms with van der Waals surface area (Å²) in [5.41, 5.74) is 4.60. The lowest BCUT2D eigenvalue weighted by molar-refractivity contribution is -0.142. The number of ether oxygens (including phenoxy) is 2. The number of carboxylic acids is 1. The van der Waals surface area contributed by atoms with Crippen molar-refractivity contribution in [1.82, 2.24) is 4.90 Å². The molecule has 2 heterocycles. The summed E-state index contributed by atoms with van der Waals surface area (Å²) in [6, 6.07) is 15.2. The maximum Gasteiger partial charge on any atom is 0.410 e. The second-order valence-corrected chi connectivity index (χ2v) is 8.26. The number of carboxylic acid groups (broad SMARTS) is 1. The van der Waals surface area contributed by atoms with E-state index in [-0.39, 0.29) is 24.7 Å². The van der Waals surface area contributed by atoms with Crippen LogP contribution in [0.2, 0.25) is 0 Å². The van der Waals surface area contributed by atoms with Gasteiger partial charge in [-0.25, -0.2) is 9.59 Å². The number of likely N-dealkylation sites (tertiary alicyclic amines) is 1. The molecule has 2 fully saturated rings. The minimum atomic E-state index is -0.982. The van der Waals surface area contributed by atoms with Crippen LogP contribution in [0.3, 0.4) is 0 Å². The van der Waals surface area contributed by atoms with Gasteiger partial charge in [0.2, 0.25) is 0 Å². The van der Waals surface area contributed by atoms with Gasteiger partial charge in [-0.05, 0) is 47.9 Å². The lowest BCUT2D eigenvalue weighted by Gasteiger charge is -2.31. The molecule has 156 valence electrons. The average molecular weight is 407 g/mol. The standard InChI is InChI=1S/C24H25NO5/c26-23(27)21-12-11-20(22-10-5-13-29-22)25(21)24(28)30-14-19-17-8-3-1-6-15(17)16-7-2-4-9-18(16)19/h1-4,6-9,19-22H,5,10-14H2,(H,26,27). The monoisotopic (exact) mass is 407 g/mol. The van der Waals surface area contributed by atoms with E-state index in [9.17, 15) is 14.7 Å². The summed E-state index contributed by atoms with van der Waals surface area (Å²) in [6.45, 7) is 0.853. The molecular formula is C24H25NO5. The highest BCUT2D eigenvalue weighted by atomic mass is 16.6. The van der Waals surface area contributed by atoms with Crippen LogP contribution >= 0.6 is 0 Å². The van der Waals surface area contributed by atoms with Gasteiger partial charge in [0.15, 0.2) is 0 Å². The zero-order valence-corrected chi connectivity index (χ0v) is 16.7. The van der Waals surface area contributed by atoms with E-state index in [0.717, 1.165) is 35.1 Å². The van der Waals surface area contributed by atoms with Gasteiger partial charge in [0, 0.05) is 12.5 Å². The van der Waals surface area contributed by atoms with Gasteiger partial charge in [0.1, 0.15) is 12.6 Å². The molecule has 1 aliphatic carbocycles. The quantitative estimate of drug-likeness (QED) is 0.828. The Labute approximate surface area is 175 Å². The molecule has 2 aromatic rings. The highest BCUT2D eigenvalue weighted by Gasteiger charge is 2.46. The van der Waals surface area contributed by atoms with Crippen LogP contribution in [0.4, 0.5) is 4.79 Å². The predicted octanol–water partition coefficient (Wildman–Crippen LogP) is 4.03. The Kier molecular flexibility index (Phi) is 4.95. The van der Waals surface area contributed by atoms with Crippen LogP contribution in [0.1, 0.15) is 42.7 Å². The van der Waals surface area contributed by atoms with Crippen LogP contribution in [0.15, 0.2) is 48.5 Å². The molecule has 2 aromatic carbocycles. The van der Waals surface area contributed by atoms with Crippen molar-refractivity contribution >= 4 is 12.1 Å². The average Bonchev–Trinajstić information content (AvgIpc) is 3.49. The number of fused-ring (bicyclic) bond motifs is 3. The molecule has 3 atom stereocenters. The number of hydrogen-bond acceptors (Lipinski definition) is 4. The Balaban J connectivity index is 1.36. The van der Waals surface area contributed by atoms with Crippen molar-refractivity contribution in [3.63, 3.8) is 0 Å². The largest absolute Gasteiger partial charge is 0.480 e. The second kappa shape index (κ2) is 7.76. The molecule has 2 saturated heterocycles. The molecule has 0 radical (unpaired) electrons.